The zero-order valence-electron chi connectivity index (χ0n) is 10.2. The Morgan fingerprint density at radius 1 is 1.24 bits per heavy atom. The number of rotatable bonds is 4. The fourth-order valence-corrected chi connectivity index (χ4v) is 1.96. The lowest BCUT2D eigenvalue weighted by atomic mass is 9.96. The van der Waals surface area contributed by atoms with E-state index in [1.165, 1.54) is 0 Å². The van der Waals surface area contributed by atoms with E-state index in [1.807, 2.05) is 18.2 Å². The van der Waals surface area contributed by atoms with Crippen LogP contribution in [0.5, 0.6) is 11.5 Å². The summed E-state index contributed by atoms with van der Waals surface area (Å²) >= 11 is 0. The second kappa shape index (κ2) is 5.38. The van der Waals surface area contributed by atoms with Gasteiger partial charge in [0.05, 0.1) is 0 Å². The van der Waals surface area contributed by atoms with Crippen LogP contribution >= 0.6 is 0 Å². The molecule has 0 amide bonds. The Balaban J connectivity index is 2.10. The van der Waals surface area contributed by atoms with Crippen LogP contribution in [0.15, 0.2) is 18.2 Å². The minimum atomic E-state index is 0.00405. The van der Waals surface area contributed by atoms with Crippen LogP contribution in [-0.4, -0.2) is 19.8 Å². The molecule has 2 unspecified atom stereocenters. The summed E-state index contributed by atoms with van der Waals surface area (Å²) in [6, 6.07) is 5.91. The van der Waals surface area contributed by atoms with E-state index >= 15 is 0 Å². The normalized spacial score (nSPS) is 17.6. The highest BCUT2D eigenvalue weighted by atomic mass is 16.6. The predicted molar refractivity (Wildman–Crippen MR) is 67.2 cm³/mol. The smallest absolute Gasteiger partial charge is 0.161 e. The van der Waals surface area contributed by atoms with Gasteiger partial charge in [-0.2, -0.15) is 0 Å². The molecule has 4 heteroatoms. The van der Waals surface area contributed by atoms with E-state index in [4.69, 9.17) is 20.9 Å². The van der Waals surface area contributed by atoms with Crippen molar-refractivity contribution in [1.29, 1.82) is 0 Å². The minimum Gasteiger partial charge on any atom is -0.486 e. The fourth-order valence-electron chi connectivity index (χ4n) is 1.96. The van der Waals surface area contributed by atoms with Crippen LogP contribution in [0.4, 0.5) is 0 Å². The number of nitrogens with two attached hydrogens (primary N) is 2. The van der Waals surface area contributed by atoms with Gasteiger partial charge in [-0.1, -0.05) is 13.0 Å². The Hall–Kier alpha value is -1.26. The predicted octanol–water partition coefficient (Wildman–Crippen LogP) is 1.44. The van der Waals surface area contributed by atoms with E-state index in [9.17, 15) is 0 Å². The van der Waals surface area contributed by atoms with Gasteiger partial charge in [-0.25, -0.2) is 0 Å². The summed E-state index contributed by atoms with van der Waals surface area (Å²) in [5.74, 6) is 2.03. The number of fused-ring (bicyclic) bond motifs is 1. The van der Waals surface area contributed by atoms with Crippen LogP contribution in [0, 0.1) is 5.92 Å². The summed E-state index contributed by atoms with van der Waals surface area (Å²) in [5, 5.41) is 0. The molecule has 1 aliphatic rings. The topological polar surface area (TPSA) is 70.5 Å². The van der Waals surface area contributed by atoms with E-state index in [0.717, 1.165) is 23.5 Å². The number of hydrogen-bond acceptors (Lipinski definition) is 4. The van der Waals surface area contributed by atoms with E-state index in [0.29, 0.717) is 25.7 Å². The zero-order chi connectivity index (χ0) is 12.3. The number of ether oxygens (including phenoxy) is 2. The molecule has 1 heterocycles. The third-order valence-electron chi connectivity index (χ3n) is 3.05. The van der Waals surface area contributed by atoms with Gasteiger partial charge in [0.1, 0.15) is 13.2 Å². The quantitative estimate of drug-likeness (QED) is 0.830. The number of benzene rings is 1. The molecular formula is C13H20N2O2. The largest absolute Gasteiger partial charge is 0.486 e. The Bertz CT molecular complexity index is 382. The van der Waals surface area contributed by atoms with Crippen LogP contribution < -0.4 is 20.9 Å². The lowest BCUT2D eigenvalue weighted by molar-refractivity contribution is 0.171. The molecule has 0 fully saturated rings. The summed E-state index contributed by atoms with van der Waals surface area (Å²) < 4.78 is 11.0. The van der Waals surface area contributed by atoms with Gasteiger partial charge < -0.3 is 20.9 Å². The highest BCUT2D eigenvalue weighted by Gasteiger charge is 2.15. The van der Waals surface area contributed by atoms with Gasteiger partial charge in [-0.05, 0) is 36.6 Å². The second-order valence-corrected chi connectivity index (χ2v) is 4.59. The third-order valence-corrected chi connectivity index (χ3v) is 3.05. The molecule has 0 saturated heterocycles. The highest BCUT2D eigenvalue weighted by Crippen LogP contribution is 2.33. The Labute approximate surface area is 102 Å². The molecule has 17 heavy (non-hydrogen) atoms. The molecular weight excluding hydrogens is 216 g/mol. The lowest BCUT2D eigenvalue weighted by Gasteiger charge is -2.21. The van der Waals surface area contributed by atoms with Gasteiger partial charge in [-0.3, -0.25) is 0 Å². The van der Waals surface area contributed by atoms with Crippen molar-refractivity contribution in [2.45, 2.75) is 19.4 Å². The summed E-state index contributed by atoms with van der Waals surface area (Å²) in [4.78, 5) is 0. The van der Waals surface area contributed by atoms with Gasteiger partial charge in [-0.15, -0.1) is 0 Å². The van der Waals surface area contributed by atoms with Crippen molar-refractivity contribution < 1.29 is 9.47 Å². The van der Waals surface area contributed by atoms with Crippen LogP contribution in [-0.2, 0) is 0 Å². The van der Waals surface area contributed by atoms with E-state index in [-0.39, 0.29) is 6.04 Å². The van der Waals surface area contributed by atoms with Gasteiger partial charge in [0.2, 0.25) is 0 Å². The maximum Gasteiger partial charge on any atom is 0.161 e. The van der Waals surface area contributed by atoms with Crippen molar-refractivity contribution in [3.8, 4) is 11.5 Å². The van der Waals surface area contributed by atoms with Crippen molar-refractivity contribution in [2.75, 3.05) is 19.8 Å². The first-order valence-electron chi connectivity index (χ1n) is 6.06. The lowest BCUT2D eigenvalue weighted by Crippen LogP contribution is -2.20. The molecule has 4 N–H and O–H groups in total. The number of hydrogen-bond donors (Lipinski definition) is 2. The summed E-state index contributed by atoms with van der Waals surface area (Å²) in [7, 11) is 0. The molecule has 1 aliphatic heterocycles. The Morgan fingerprint density at radius 2 is 1.94 bits per heavy atom. The van der Waals surface area contributed by atoms with Crippen LogP contribution in [0.1, 0.15) is 24.9 Å². The van der Waals surface area contributed by atoms with E-state index in [2.05, 4.69) is 6.92 Å². The molecule has 2 atom stereocenters. The molecule has 0 spiro atoms. The molecule has 0 aliphatic carbocycles. The molecule has 1 aromatic carbocycles. The zero-order valence-corrected chi connectivity index (χ0v) is 10.2. The van der Waals surface area contributed by atoms with Gasteiger partial charge >= 0.3 is 0 Å². The SMILES string of the molecule is CC(CN)CC(N)c1ccc2c(c1)OCCO2. The minimum absolute atomic E-state index is 0.00405. The molecule has 94 valence electrons. The van der Waals surface area contributed by atoms with Crippen LogP contribution in [0.3, 0.4) is 0 Å². The Morgan fingerprint density at radius 3 is 2.65 bits per heavy atom. The molecule has 2 rings (SSSR count). The van der Waals surface area contributed by atoms with Crippen molar-refractivity contribution in [1.82, 2.24) is 0 Å². The molecule has 1 aromatic rings. The summed E-state index contributed by atoms with van der Waals surface area (Å²) in [6.07, 6.45) is 0.885. The van der Waals surface area contributed by atoms with E-state index in [1.54, 1.807) is 0 Å². The first-order chi connectivity index (χ1) is 8.20. The maximum absolute atomic E-state index is 6.15. The summed E-state index contributed by atoms with van der Waals surface area (Å²) in [6.45, 7) is 3.99. The maximum atomic E-state index is 6.15. The molecule has 0 radical (unpaired) electrons. The molecule has 0 saturated carbocycles. The van der Waals surface area contributed by atoms with Crippen LogP contribution in [0.25, 0.3) is 0 Å². The molecule has 0 aromatic heterocycles. The van der Waals surface area contributed by atoms with Crippen molar-refractivity contribution >= 4 is 0 Å². The van der Waals surface area contributed by atoms with Gasteiger partial charge in [0, 0.05) is 6.04 Å². The van der Waals surface area contributed by atoms with Crippen molar-refractivity contribution in [3.63, 3.8) is 0 Å². The van der Waals surface area contributed by atoms with E-state index < -0.39 is 0 Å². The third kappa shape index (κ3) is 2.90. The average molecular weight is 236 g/mol. The average Bonchev–Trinajstić information content (AvgIpc) is 2.38. The molecule has 4 nitrogen and oxygen atoms in total. The standard InChI is InChI=1S/C13H20N2O2/c1-9(8-14)6-11(15)10-2-3-12-13(7-10)17-5-4-16-12/h2-3,7,9,11H,4-6,8,14-15H2,1H3. The summed E-state index contributed by atoms with van der Waals surface area (Å²) in [5.41, 5.74) is 12.8. The van der Waals surface area contributed by atoms with Gasteiger partial charge in [0.25, 0.3) is 0 Å². The molecule has 0 bridgehead atoms. The van der Waals surface area contributed by atoms with Crippen LogP contribution in [0.2, 0.25) is 0 Å². The fraction of sp³-hybridized carbons (Fsp3) is 0.538. The monoisotopic (exact) mass is 236 g/mol. The first kappa shape index (κ1) is 12.2. The second-order valence-electron chi connectivity index (χ2n) is 4.59. The first-order valence-corrected chi connectivity index (χ1v) is 6.06. The van der Waals surface area contributed by atoms with Crippen molar-refractivity contribution in [2.24, 2.45) is 17.4 Å². The van der Waals surface area contributed by atoms with Gasteiger partial charge in [0.15, 0.2) is 11.5 Å². The Kier molecular flexibility index (Phi) is 3.86. The van der Waals surface area contributed by atoms with Crippen molar-refractivity contribution in [3.05, 3.63) is 23.8 Å². The highest BCUT2D eigenvalue weighted by molar-refractivity contribution is 5.44.